The van der Waals surface area contributed by atoms with Gasteiger partial charge in [-0.3, -0.25) is 14.8 Å². The first-order valence-corrected chi connectivity index (χ1v) is 10.9. The summed E-state index contributed by atoms with van der Waals surface area (Å²) in [6, 6.07) is 10.7. The van der Waals surface area contributed by atoms with Crippen molar-refractivity contribution in [1.82, 2.24) is 24.5 Å². The van der Waals surface area contributed by atoms with Gasteiger partial charge in [0.15, 0.2) is 5.82 Å². The molecule has 1 fully saturated rings. The van der Waals surface area contributed by atoms with Gasteiger partial charge in [-0.2, -0.15) is 22.7 Å². The molecule has 33 heavy (non-hydrogen) atoms. The normalized spacial score (nSPS) is 15.1. The lowest BCUT2D eigenvalue weighted by Crippen LogP contribution is -2.46. The maximum Gasteiger partial charge on any atom is 0.416 e. The number of H-pyrrole nitrogens is 1. The van der Waals surface area contributed by atoms with Crippen LogP contribution in [-0.2, 0) is 12.7 Å². The average Bonchev–Trinajstić information content (AvgIpc) is 3.44. The van der Waals surface area contributed by atoms with E-state index < -0.39 is 11.7 Å². The molecule has 4 aromatic rings. The highest BCUT2D eigenvalue weighted by molar-refractivity contribution is 7.13. The lowest BCUT2D eigenvalue weighted by atomic mass is 10.1. The third-order valence-electron chi connectivity index (χ3n) is 5.43. The number of hydrogen-bond acceptors (Lipinski definition) is 6. The Morgan fingerprint density at radius 3 is 2.52 bits per heavy atom. The number of aromatic amines is 1. The quantitative estimate of drug-likeness (QED) is 0.464. The molecule has 1 aromatic carbocycles. The van der Waals surface area contributed by atoms with Crippen molar-refractivity contribution < 1.29 is 13.2 Å². The van der Waals surface area contributed by atoms with Crippen molar-refractivity contribution in [1.29, 1.82) is 0 Å². The molecule has 0 atom stereocenters. The van der Waals surface area contributed by atoms with Gasteiger partial charge in [-0.25, -0.2) is 4.98 Å². The topological polar surface area (TPSA) is 69.5 Å². The SMILES string of the molecule is Cl.O=c1cc(CN2CCN(c3cccc(C(F)(F)F)c3)CC2)nc2nc(-c3cccs3)[nH]n12. The second-order valence-electron chi connectivity index (χ2n) is 7.58. The number of halogens is 4. The second-order valence-corrected chi connectivity index (χ2v) is 8.53. The van der Waals surface area contributed by atoms with Crippen LogP contribution >= 0.6 is 23.7 Å². The number of nitrogens with one attached hydrogen (secondary N) is 1. The molecule has 0 bridgehead atoms. The standard InChI is InChI=1S/C21H19F3N6OS.ClH/c22-21(23,24)14-3-1-4-16(11-14)29-8-6-28(7-9-29)13-15-12-18(31)30-20(25-15)26-19(27-30)17-5-2-10-32-17;/h1-5,10-12H,6-9,13H2,(H,25,26,27);1H. The third-order valence-corrected chi connectivity index (χ3v) is 6.31. The molecule has 174 valence electrons. The van der Waals surface area contributed by atoms with Crippen molar-refractivity contribution in [2.75, 3.05) is 31.1 Å². The summed E-state index contributed by atoms with van der Waals surface area (Å²) in [5, 5.41) is 4.91. The zero-order valence-corrected chi connectivity index (χ0v) is 18.9. The maximum atomic E-state index is 13.0. The van der Waals surface area contributed by atoms with Crippen LogP contribution in [0.15, 0.2) is 52.6 Å². The van der Waals surface area contributed by atoms with Crippen LogP contribution in [-0.4, -0.2) is 50.7 Å². The minimum absolute atomic E-state index is 0. The van der Waals surface area contributed by atoms with Crippen LogP contribution in [0.5, 0.6) is 0 Å². The summed E-state index contributed by atoms with van der Waals surface area (Å²) in [7, 11) is 0. The molecule has 4 heterocycles. The molecule has 0 spiro atoms. The highest BCUT2D eigenvalue weighted by Gasteiger charge is 2.31. The van der Waals surface area contributed by atoms with E-state index in [2.05, 4.69) is 20.0 Å². The molecule has 7 nitrogen and oxygen atoms in total. The zero-order chi connectivity index (χ0) is 22.3. The molecule has 12 heteroatoms. The predicted octanol–water partition coefficient (Wildman–Crippen LogP) is 3.91. The Bertz CT molecular complexity index is 1300. The molecule has 1 aliphatic rings. The van der Waals surface area contributed by atoms with Crippen molar-refractivity contribution in [3.8, 4) is 10.7 Å². The molecular weight excluding hydrogens is 477 g/mol. The molecule has 0 saturated carbocycles. The Hall–Kier alpha value is -2.89. The molecule has 1 N–H and O–H groups in total. The highest BCUT2D eigenvalue weighted by atomic mass is 35.5. The van der Waals surface area contributed by atoms with Gasteiger partial charge >= 0.3 is 6.18 Å². The van der Waals surface area contributed by atoms with Crippen LogP contribution in [0, 0.1) is 0 Å². The van der Waals surface area contributed by atoms with Crippen molar-refractivity contribution >= 4 is 35.2 Å². The monoisotopic (exact) mass is 496 g/mol. The van der Waals surface area contributed by atoms with Gasteiger partial charge in [0.25, 0.3) is 11.3 Å². The molecule has 0 aliphatic carbocycles. The number of nitrogens with zero attached hydrogens (tertiary/aromatic N) is 5. The zero-order valence-electron chi connectivity index (χ0n) is 17.2. The van der Waals surface area contributed by atoms with Gasteiger partial charge in [0, 0.05) is 44.5 Å². The number of alkyl halides is 3. The molecule has 3 aromatic heterocycles. The Balaban J connectivity index is 0.00000259. The third kappa shape index (κ3) is 4.90. The first-order chi connectivity index (χ1) is 15.4. The number of aromatic nitrogens is 4. The van der Waals surface area contributed by atoms with Crippen LogP contribution in [0.4, 0.5) is 18.9 Å². The van der Waals surface area contributed by atoms with E-state index in [4.69, 9.17) is 0 Å². The second kappa shape index (κ2) is 9.16. The molecular formula is C21H20ClF3N6OS. The van der Waals surface area contributed by atoms with E-state index in [0.29, 0.717) is 55.7 Å². The predicted molar refractivity (Wildman–Crippen MR) is 123 cm³/mol. The van der Waals surface area contributed by atoms with E-state index in [-0.39, 0.29) is 18.0 Å². The van der Waals surface area contributed by atoms with E-state index in [1.54, 1.807) is 6.07 Å². The number of benzene rings is 1. The van der Waals surface area contributed by atoms with Crippen molar-refractivity contribution in [3.63, 3.8) is 0 Å². The summed E-state index contributed by atoms with van der Waals surface area (Å²) in [5.74, 6) is 0.912. The van der Waals surface area contributed by atoms with Crippen molar-refractivity contribution in [2.45, 2.75) is 12.7 Å². The number of thiophene rings is 1. The number of fused-ring (bicyclic) bond motifs is 1. The van der Waals surface area contributed by atoms with E-state index in [0.717, 1.165) is 10.9 Å². The first-order valence-electron chi connectivity index (χ1n) is 10.0. The number of hydrogen-bond donors (Lipinski definition) is 1. The van der Waals surface area contributed by atoms with Crippen LogP contribution in [0.1, 0.15) is 11.3 Å². The molecule has 5 rings (SSSR count). The van der Waals surface area contributed by atoms with Gasteiger partial charge < -0.3 is 4.90 Å². The van der Waals surface area contributed by atoms with Crippen LogP contribution < -0.4 is 10.5 Å². The summed E-state index contributed by atoms with van der Waals surface area (Å²) in [6.07, 6.45) is -4.36. The number of piperazine rings is 1. The van der Waals surface area contributed by atoms with E-state index in [1.165, 1.54) is 34.1 Å². The fourth-order valence-corrected chi connectivity index (χ4v) is 4.47. The first kappa shape index (κ1) is 23.3. The van der Waals surface area contributed by atoms with E-state index in [9.17, 15) is 18.0 Å². The molecule has 1 aliphatic heterocycles. The van der Waals surface area contributed by atoms with Crippen LogP contribution in [0.3, 0.4) is 0 Å². The smallest absolute Gasteiger partial charge is 0.369 e. The number of rotatable bonds is 4. The summed E-state index contributed by atoms with van der Waals surface area (Å²) in [4.78, 5) is 26.5. The Morgan fingerprint density at radius 1 is 1.03 bits per heavy atom. The minimum Gasteiger partial charge on any atom is -0.369 e. The Labute approximate surface area is 196 Å². The largest absolute Gasteiger partial charge is 0.416 e. The van der Waals surface area contributed by atoms with Gasteiger partial charge in [-0.15, -0.1) is 23.7 Å². The average molecular weight is 497 g/mol. The Morgan fingerprint density at radius 2 is 1.82 bits per heavy atom. The molecule has 0 radical (unpaired) electrons. The van der Waals surface area contributed by atoms with E-state index in [1.807, 2.05) is 22.4 Å². The molecule has 0 unspecified atom stereocenters. The minimum atomic E-state index is -4.36. The number of anilines is 1. The molecule has 1 saturated heterocycles. The highest BCUT2D eigenvalue weighted by Crippen LogP contribution is 2.32. The summed E-state index contributed by atoms with van der Waals surface area (Å²) < 4.78 is 40.3. The lowest BCUT2D eigenvalue weighted by molar-refractivity contribution is -0.137. The van der Waals surface area contributed by atoms with Crippen LogP contribution in [0.25, 0.3) is 16.5 Å². The fourth-order valence-electron chi connectivity index (χ4n) is 3.80. The van der Waals surface area contributed by atoms with Crippen molar-refractivity contribution in [3.05, 3.63) is 69.5 Å². The van der Waals surface area contributed by atoms with Crippen LogP contribution in [0.2, 0.25) is 0 Å². The maximum absolute atomic E-state index is 13.0. The molecule has 0 amide bonds. The van der Waals surface area contributed by atoms with E-state index >= 15 is 0 Å². The van der Waals surface area contributed by atoms with Crippen molar-refractivity contribution in [2.24, 2.45) is 0 Å². The summed E-state index contributed by atoms with van der Waals surface area (Å²) in [5.41, 5.74) is 0.306. The van der Waals surface area contributed by atoms with Gasteiger partial charge in [0.05, 0.1) is 16.1 Å². The summed E-state index contributed by atoms with van der Waals surface area (Å²) >= 11 is 1.52. The van der Waals surface area contributed by atoms with Gasteiger partial charge in [0.2, 0.25) is 0 Å². The Kier molecular flexibility index (Phi) is 6.46. The van der Waals surface area contributed by atoms with Gasteiger partial charge in [-0.05, 0) is 29.6 Å². The van der Waals surface area contributed by atoms with Gasteiger partial charge in [0.1, 0.15) is 0 Å². The fraction of sp³-hybridized carbons (Fsp3) is 0.286. The lowest BCUT2D eigenvalue weighted by Gasteiger charge is -2.36. The summed E-state index contributed by atoms with van der Waals surface area (Å²) in [6.45, 7) is 2.96. The van der Waals surface area contributed by atoms with Gasteiger partial charge in [-0.1, -0.05) is 12.1 Å².